The highest BCUT2D eigenvalue weighted by atomic mass is 35.5. The van der Waals surface area contributed by atoms with E-state index < -0.39 is 15.6 Å². The average Bonchev–Trinajstić information content (AvgIpc) is 2.75. The van der Waals surface area contributed by atoms with Crippen LogP contribution in [-0.2, 0) is 21.2 Å². The summed E-state index contributed by atoms with van der Waals surface area (Å²) in [6.07, 6.45) is 1.46. The zero-order valence-electron chi connectivity index (χ0n) is 16.6. The third kappa shape index (κ3) is 5.78. The van der Waals surface area contributed by atoms with Gasteiger partial charge in [-0.15, -0.1) is 0 Å². The van der Waals surface area contributed by atoms with Gasteiger partial charge >= 0.3 is 0 Å². The van der Waals surface area contributed by atoms with Crippen molar-refractivity contribution < 1.29 is 13.8 Å². The smallest absolute Gasteiger partial charge is 0.285 e. The molecule has 0 saturated carbocycles. The maximum Gasteiger partial charge on any atom is 0.285 e. The summed E-state index contributed by atoms with van der Waals surface area (Å²) in [4.78, 5) is 18.5. The number of hydrogen-bond donors (Lipinski definition) is 0. The Kier molecular flexibility index (Phi) is 7.03. The van der Waals surface area contributed by atoms with E-state index in [9.17, 15) is 9.00 Å². The number of rotatable bonds is 6. The van der Waals surface area contributed by atoms with Crippen molar-refractivity contribution >= 4 is 32.9 Å². The van der Waals surface area contributed by atoms with Gasteiger partial charge in [0.25, 0.3) is 5.91 Å². The lowest BCUT2D eigenvalue weighted by molar-refractivity contribution is 0.100. The summed E-state index contributed by atoms with van der Waals surface area (Å²) >= 11 is 5.89. The van der Waals surface area contributed by atoms with Crippen molar-refractivity contribution in [3.05, 3.63) is 101 Å². The Labute approximate surface area is 181 Å². The first-order chi connectivity index (χ1) is 14.3. The maximum absolute atomic E-state index is 12.8. The minimum absolute atomic E-state index is 0.187. The van der Waals surface area contributed by atoms with Crippen LogP contribution in [0.4, 0.5) is 0 Å². The van der Waals surface area contributed by atoms with E-state index in [2.05, 4.69) is 9.52 Å². The zero-order chi connectivity index (χ0) is 21.6. The molecule has 7 heteroatoms. The Morgan fingerprint density at radius 3 is 2.37 bits per heavy atom. The summed E-state index contributed by atoms with van der Waals surface area (Å²) in [7, 11) is -2.82. The lowest BCUT2D eigenvalue weighted by Crippen LogP contribution is -2.04. The molecular weight excluding hydrogens is 420 g/mol. The number of halogens is 1. The van der Waals surface area contributed by atoms with Gasteiger partial charge in [-0.2, -0.15) is 4.36 Å². The summed E-state index contributed by atoms with van der Waals surface area (Å²) in [6, 6.07) is 22.9. The lowest BCUT2D eigenvalue weighted by atomic mass is 10.1. The molecule has 3 aromatic carbocycles. The molecule has 3 aromatic rings. The van der Waals surface area contributed by atoms with Gasteiger partial charge in [0.15, 0.2) is 0 Å². The number of amides is 1. The molecular formula is C23H21ClN2O3S. The number of oxime groups is 1. The van der Waals surface area contributed by atoms with Gasteiger partial charge in [0.1, 0.15) is 6.61 Å². The molecule has 3 rings (SSSR count). The van der Waals surface area contributed by atoms with Crippen LogP contribution in [0.25, 0.3) is 0 Å². The lowest BCUT2D eigenvalue weighted by Gasteiger charge is -2.06. The quantitative estimate of drug-likeness (QED) is 0.371. The maximum atomic E-state index is 12.8. The van der Waals surface area contributed by atoms with E-state index in [0.29, 0.717) is 21.2 Å². The topological polar surface area (TPSA) is 68.1 Å². The minimum atomic E-state index is -2.82. The first-order valence-electron chi connectivity index (χ1n) is 9.18. The third-order valence-electron chi connectivity index (χ3n) is 4.31. The fourth-order valence-corrected chi connectivity index (χ4v) is 3.99. The summed E-state index contributed by atoms with van der Waals surface area (Å²) in [5.74, 6) is -0.533. The molecule has 0 aliphatic rings. The molecule has 154 valence electrons. The predicted octanol–water partition coefficient (Wildman–Crippen LogP) is 5.58. The molecule has 0 aromatic heterocycles. The number of carbonyl (C=O) groups excluding carboxylic acids is 1. The second-order valence-corrected chi connectivity index (χ2v) is 9.36. The molecule has 1 unspecified atom stereocenters. The van der Waals surface area contributed by atoms with Crippen LogP contribution >= 0.6 is 11.6 Å². The van der Waals surface area contributed by atoms with Crippen molar-refractivity contribution in [3.63, 3.8) is 0 Å². The Balaban J connectivity index is 1.71. The zero-order valence-corrected chi connectivity index (χ0v) is 18.2. The summed E-state index contributed by atoms with van der Waals surface area (Å²) in [6.45, 7) is 2.02. The Morgan fingerprint density at radius 1 is 0.967 bits per heavy atom. The molecule has 30 heavy (non-hydrogen) atoms. The Hall–Kier alpha value is -2.96. The van der Waals surface area contributed by atoms with Gasteiger partial charge in [-0.25, -0.2) is 4.21 Å². The van der Waals surface area contributed by atoms with Crippen LogP contribution in [0.1, 0.15) is 28.4 Å². The van der Waals surface area contributed by atoms with E-state index >= 15 is 0 Å². The monoisotopic (exact) mass is 440 g/mol. The van der Waals surface area contributed by atoms with Gasteiger partial charge in [0.2, 0.25) is 0 Å². The highest BCUT2D eigenvalue weighted by Crippen LogP contribution is 2.15. The molecule has 0 aliphatic heterocycles. The molecule has 0 heterocycles. The molecule has 1 amide bonds. The van der Waals surface area contributed by atoms with Crippen LogP contribution in [0.15, 0.2) is 93.3 Å². The van der Waals surface area contributed by atoms with Crippen molar-refractivity contribution in [2.75, 3.05) is 6.26 Å². The summed E-state index contributed by atoms with van der Waals surface area (Å²) in [5, 5.41) is 4.77. The van der Waals surface area contributed by atoms with Gasteiger partial charge < -0.3 is 4.84 Å². The second-order valence-electron chi connectivity index (χ2n) is 6.67. The molecule has 0 fully saturated rings. The van der Waals surface area contributed by atoms with Crippen LogP contribution in [0.3, 0.4) is 0 Å². The Bertz CT molecular complexity index is 1180. The summed E-state index contributed by atoms with van der Waals surface area (Å²) < 4.78 is 16.8. The van der Waals surface area contributed by atoms with Crippen molar-refractivity contribution in [1.29, 1.82) is 0 Å². The van der Waals surface area contributed by atoms with Gasteiger partial charge in [0.05, 0.1) is 15.4 Å². The van der Waals surface area contributed by atoms with Crippen LogP contribution in [0, 0.1) is 0 Å². The fourth-order valence-electron chi connectivity index (χ4n) is 2.68. The van der Waals surface area contributed by atoms with E-state index in [-0.39, 0.29) is 6.61 Å². The van der Waals surface area contributed by atoms with Gasteiger partial charge in [0, 0.05) is 21.7 Å². The number of carbonyl (C=O) groups is 1. The van der Waals surface area contributed by atoms with E-state index in [0.717, 1.165) is 11.1 Å². The number of benzene rings is 3. The largest absolute Gasteiger partial charge is 0.391 e. The molecule has 0 N–H and O–H groups in total. The van der Waals surface area contributed by atoms with Crippen LogP contribution in [0.5, 0.6) is 0 Å². The molecule has 0 aliphatic carbocycles. The Morgan fingerprint density at radius 2 is 1.67 bits per heavy atom. The number of nitrogens with zero attached hydrogens (tertiary/aromatic N) is 2. The predicted molar refractivity (Wildman–Crippen MR) is 120 cm³/mol. The van der Waals surface area contributed by atoms with Crippen molar-refractivity contribution in [2.24, 2.45) is 9.52 Å². The van der Waals surface area contributed by atoms with Gasteiger partial charge in [-0.05, 0) is 54.4 Å². The highest BCUT2D eigenvalue weighted by molar-refractivity contribution is 7.93. The van der Waals surface area contributed by atoms with Crippen molar-refractivity contribution in [3.8, 4) is 0 Å². The van der Waals surface area contributed by atoms with Gasteiger partial charge in [-0.3, -0.25) is 4.79 Å². The van der Waals surface area contributed by atoms with Crippen molar-refractivity contribution in [1.82, 2.24) is 0 Å². The van der Waals surface area contributed by atoms with E-state index in [4.69, 9.17) is 16.4 Å². The molecule has 0 radical (unpaired) electrons. The van der Waals surface area contributed by atoms with E-state index in [1.54, 1.807) is 54.6 Å². The average molecular weight is 441 g/mol. The summed E-state index contributed by atoms with van der Waals surface area (Å²) in [5.41, 5.74) is 2.72. The SMILES string of the molecule is CC(=NOCc1cccc(C(=O)N=S(C)(=O)c2ccccc2)c1)c1ccc(Cl)cc1. The molecule has 1 atom stereocenters. The standard InChI is InChI=1S/C23H21ClN2O3S/c1-17(19-11-13-21(24)14-12-19)25-29-16-18-7-6-8-20(15-18)23(27)26-30(2,28)22-9-4-3-5-10-22/h3-15H,16H2,1-2H3. The normalized spacial score (nSPS) is 13.4. The van der Waals surface area contributed by atoms with Crippen LogP contribution in [-0.4, -0.2) is 22.1 Å². The van der Waals surface area contributed by atoms with Crippen LogP contribution in [0.2, 0.25) is 5.02 Å². The molecule has 0 spiro atoms. The minimum Gasteiger partial charge on any atom is -0.391 e. The number of hydrogen-bond acceptors (Lipinski definition) is 4. The first kappa shape index (κ1) is 21.7. The van der Waals surface area contributed by atoms with E-state index in [1.807, 2.05) is 31.2 Å². The molecule has 0 bridgehead atoms. The molecule has 5 nitrogen and oxygen atoms in total. The first-order valence-corrected chi connectivity index (χ1v) is 11.5. The van der Waals surface area contributed by atoms with Crippen LogP contribution < -0.4 is 0 Å². The van der Waals surface area contributed by atoms with E-state index in [1.165, 1.54) is 6.26 Å². The highest BCUT2D eigenvalue weighted by Gasteiger charge is 2.11. The second kappa shape index (κ2) is 9.69. The van der Waals surface area contributed by atoms with Gasteiger partial charge in [-0.1, -0.05) is 59.2 Å². The third-order valence-corrected chi connectivity index (χ3v) is 6.22. The fraction of sp³-hybridized carbons (Fsp3) is 0.130. The molecule has 0 saturated heterocycles. The van der Waals surface area contributed by atoms with Crippen molar-refractivity contribution in [2.45, 2.75) is 18.4 Å².